The van der Waals surface area contributed by atoms with Crippen LogP contribution in [0.1, 0.15) is 81.6 Å². The average molecular weight is 584 g/mol. The molecule has 3 rings (SSSR count). The number of nitrogens with one attached hydrogen (secondary N) is 1. The predicted octanol–water partition coefficient (Wildman–Crippen LogP) is 6.48. The number of aromatic nitrogens is 2. The number of alkyl halides is 3. The molecule has 212 valence electrons. The van der Waals surface area contributed by atoms with Crippen molar-refractivity contribution in [3.8, 4) is 0 Å². The van der Waals surface area contributed by atoms with E-state index in [0.717, 1.165) is 22.1 Å². The van der Waals surface area contributed by atoms with Crippen LogP contribution >= 0.6 is 23.1 Å². The van der Waals surface area contributed by atoms with Gasteiger partial charge in [0.2, 0.25) is 17.7 Å². The second kappa shape index (κ2) is 12.9. The molecule has 0 fully saturated rings. The Morgan fingerprint density at radius 2 is 1.87 bits per heavy atom. The molecular formula is C26H32F3N5O3S2. The molecule has 39 heavy (non-hydrogen) atoms. The first-order chi connectivity index (χ1) is 18.2. The molecule has 0 bridgehead atoms. The Labute approximate surface area is 233 Å². The van der Waals surface area contributed by atoms with Crippen LogP contribution in [0.3, 0.4) is 0 Å². The van der Waals surface area contributed by atoms with E-state index in [1.54, 1.807) is 12.4 Å². The van der Waals surface area contributed by atoms with Gasteiger partial charge in [0.15, 0.2) is 5.13 Å². The second-order valence-corrected chi connectivity index (χ2v) is 12.4. The van der Waals surface area contributed by atoms with Crippen molar-refractivity contribution in [3.63, 3.8) is 0 Å². The molecule has 0 aliphatic carbocycles. The van der Waals surface area contributed by atoms with Crippen molar-refractivity contribution in [1.82, 2.24) is 9.97 Å². The number of unbranched alkanes of at least 4 members (excludes halogenated alkanes) is 2. The number of oxazole rings is 1. The first-order valence-corrected chi connectivity index (χ1v) is 14.1. The van der Waals surface area contributed by atoms with Crippen LogP contribution < -0.4 is 16.8 Å². The fourth-order valence-corrected chi connectivity index (χ4v) is 5.49. The number of thioether (sulfide) groups is 1. The molecular weight excluding hydrogens is 551 g/mol. The zero-order valence-corrected chi connectivity index (χ0v) is 23.6. The minimum Gasteiger partial charge on any atom is -0.444 e. The van der Waals surface area contributed by atoms with Gasteiger partial charge in [0.1, 0.15) is 5.76 Å². The molecule has 0 saturated carbocycles. The average Bonchev–Trinajstić information content (AvgIpc) is 3.49. The van der Waals surface area contributed by atoms with Gasteiger partial charge >= 0.3 is 6.18 Å². The topological polar surface area (TPSA) is 137 Å². The summed E-state index contributed by atoms with van der Waals surface area (Å²) in [5.74, 6) is 0.364. The molecule has 1 unspecified atom stereocenters. The van der Waals surface area contributed by atoms with Crippen molar-refractivity contribution in [3.05, 3.63) is 53.4 Å². The van der Waals surface area contributed by atoms with E-state index in [0.29, 0.717) is 42.5 Å². The van der Waals surface area contributed by atoms with Gasteiger partial charge < -0.3 is 21.2 Å². The molecule has 5 N–H and O–H groups in total. The van der Waals surface area contributed by atoms with Crippen molar-refractivity contribution < 1.29 is 27.2 Å². The number of thiazole rings is 1. The Morgan fingerprint density at radius 1 is 1.13 bits per heavy atom. The molecule has 2 heterocycles. The maximum absolute atomic E-state index is 12.9. The molecule has 8 nitrogen and oxygen atoms in total. The van der Waals surface area contributed by atoms with E-state index in [2.05, 4.69) is 36.1 Å². The van der Waals surface area contributed by atoms with Crippen molar-refractivity contribution in [2.75, 3.05) is 11.1 Å². The summed E-state index contributed by atoms with van der Waals surface area (Å²) in [4.78, 5) is 32.8. The quantitative estimate of drug-likeness (QED) is 0.126. The number of amides is 2. The van der Waals surface area contributed by atoms with E-state index in [1.807, 2.05) is 0 Å². The SMILES string of the molecule is CC(C)(C)c1cnc(CSc2cnc(NC(=O)CCCCCC(C(N)=O)c3ccc(C(F)(F)F)cc3N)s2)o1. The fourth-order valence-electron chi connectivity index (χ4n) is 3.75. The van der Waals surface area contributed by atoms with Gasteiger partial charge in [0.25, 0.3) is 0 Å². The van der Waals surface area contributed by atoms with Crippen LogP contribution in [0, 0.1) is 0 Å². The van der Waals surface area contributed by atoms with Gasteiger partial charge in [0, 0.05) is 17.5 Å². The number of benzene rings is 1. The lowest BCUT2D eigenvalue weighted by Crippen LogP contribution is -2.22. The summed E-state index contributed by atoms with van der Waals surface area (Å²) >= 11 is 2.88. The molecule has 13 heteroatoms. The minimum atomic E-state index is -4.53. The highest BCUT2D eigenvalue weighted by atomic mass is 32.2. The van der Waals surface area contributed by atoms with Crippen LogP contribution in [0.2, 0.25) is 0 Å². The van der Waals surface area contributed by atoms with Gasteiger partial charge in [-0.25, -0.2) is 9.97 Å². The number of rotatable bonds is 12. The standard InChI is InChI=1S/C26H32F3N5O3S2/c1-25(2,3)19-12-32-21(37-19)14-38-22-13-33-24(39-22)34-20(35)8-6-4-5-7-17(23(31)36)16-10-9-15(11-18(16)30)26(27,28)29/h9-13,17H,4-8,14,30H2,1-3H3,(H2,31,36)(H,33,34,35). The minimum absolute atomic E-state index is 0.110. The van der Waals surface area contributed by atoms with Crippen molar-refractivity contribution >= 4 is 45.7 Å². The summed E-state index contributed by atoms with van der Waals surface area (Å²) in [6, 6.07) is 2.91. The zero-order valence-electron chi connectivity index (χ0n) is 21.9. The second-order valence-electron chi connectivity index (χ2n) is 10.1. The number of nitrogen functional groups attached to an aromatic ring is 1. The molecule has 1 aromatic carbocycles. The summed E-state index contributed by atoms with van der Waals surface area (Å²) in [7, 11) is 0. The maximum atomic E-state index is 12.9. The van der Waals surface area contributed by atoms with Gasteiger partial charge in [0.05, 0.1) is 33.8 Å². The maximum Gasteiger partial charge on any atom is 0.416 e. The molecule has 3 aromatic rings. The Kier molecular flexibility index (Phi) is 10.1. The highest BCUT2D eigenvalue weighted by molar-refractivity contribution is 8.00. The summed E-state index contributed by atoms with van der Waals surface area (Å²) < 4.78 is 45.4. The van der Waals surface area contributed by atoms with E-state index in [4.69, 9.17) is 15.9 Å². The number of primary amides is 1. The lowest BCUT2D eigenvalue weighted by Gasteiger charge is -2.17. The van der Waals surface area contributed by atoms with E-state index in [9.17, 15) is 22.8 Å². The van der Waals surface area contributed by atoms with Gasteiger partial charge in [-0.3, -0.25) is 9.59 Å². The van der Waals surface area contributed by atoms with Crippen LogP contribution in [0.4, 0.5) is 24.0 Å². The van der Waals surface area contributed by atoms with E-state index in [-0.39, 0.29) is 29.0 Å². The number of hydrogen-bond donors (Lipinski definition) is 3. The number of nitrogens with zero attached hydrogens (tertiary/aromatic N) is 2. The molecule has 2 amide bonds. The van der Waals surface area contributed by atoms with Crippen molar-refractivity contribution in [2.24, 2.45) is 5.73 Å². The largest absolute Gasteiger partial charge is 0.444 e. The molecule has 0 spiro atoms. The van der Waals surface area contributed by atoms with Gasteiger partial charge in [-0.2, -0.15) is 13.2 Å². The number of halogens is 3. The monoisotopic (exact) mass is 583 g/mol. The highest BCUT2D eigenvalue weighted by Crippen LogP contribution is 2.35. The lowest BCUT2D eigenvalue weighted by atomic mass is 9.90. The number of hydrogen-bond acceptors (Lipinski definition) is 8. The third kappa shape index (κ3) is 8.99. The molecule has 2 aromatic heterocycles. The molecule has 1 atom stereocenters. The van der Waals surface area contributed by atoms with Crippen LogP contribution in [0.15, 0.2) is 39.2 Å². The van der Waals surface area contributed by atoms with Crippen molar-refractivity contribution in [2.45, 2.75) is 80.3 Å². The Bertz CT molecular complexity index is 1280. The molecule has 0 saturated heterocycles. The molecule has 0 radical (unpaired) electrons. The first-order valence-electron chi connectivity index (χ1n) is 12.3. The normalized spacial score (nSPS) is 12.9. The third-order valence-corrected chi connectivity index (χ3v) is 7.98. The van der Waals surface area contributed by atoms with Gasteiger partial charge in [-0.15, -0.1) is 11.8 Å². The summed E-state index contributed by atoms with van der Waals surface area (Å²) in [5.41, 5.74) is 10.4. The lowest BCUT2D eigenvalue weighted by molar-refractivity contribution is -0.137. The van der Waals surface area contributed by atoms with Crippen LogP contribution in [0.5, 0.6) is 0 Å². The van der Waals surface area contributed by atoms with Crippen molar-refractivity contribution in [1.29, 1.82) is 0 Å². The smallest absolute Gasteiger partial charge is 0.416 e. The zero-order chi connectivity index (χ0) is 28.8. The predicted molar refractivity (Wildman–Crippen MR) is 146 cm³/mol. The fraction of sp³-hybridized carbons (Fsp3) is 0.462. The number of carbonyl (C=O) groups excluding carboxylic acids is 2. The Morgan fingerprint density at radius 3 is 2.49 bits per heavy atom. The van der Waals surface area contributed by atoms with Gasteiger partial charge in [-0.05, 0) is 30.5 Å². The van der Waals surface area contributed by atoms with E-state index in [1.165, 1.54) is 29.2 Å². The first kappa shape index (κ1) is 30.5. The summed E-state index contributed by atoms with van der Waals surface area (Å²) in [5, 5.41) is 3.28. The van der Waals surface area contributed by atoms with E-state index >= 15 is 0 Å². The molecule has 0 aliphatic rings. The van der Waals surface area contributed by atoms with Crippen LogP contribution in [-0.2, 0) is 26.9 Å². The third-order valence-electron chi connectivity index (χ3n) is 5.89. The number of anilines is 2. The van der Waals surface area contributed by atoms with Crippen LogP contribution in [0.25, 0.3) is 0 Å². The Balaban J connectivity index is 1.40. The summed E-state index contributed by atoms with van der Waals surface area (Å²) in [6.45, 7) is 6.17. The summed E-state index contributed by atoms with van der Waals surface area (Å²) in [6.07, 6.45) is 1.23. The van der Waals surface area contributed by atoms with E-state index < -0.39 is 23.6 Å². The van der Waals surface area contributed by atoms with Crippen LogP contribution in [-0.4, -0.2) is 21.8 Å². The van der Waals surface area contributed by atoms with Gasteiger partial charge in [-0.1, -0.05) is 51.0 Å². The number of nitrogens with two attached hydrogens (primary N) is 2. The molecule has 0 aliphatic heterocycles. The Hall–Kier alpha value is -3.06. The number of carbonyl (C=O) groups is 2. The highest BCUT2D eigenvalue weighted by Gasteiger charge is 2.32.